The Hall–Kier alpha value is -1.81. The van der Waals surface area contributed by atoms with Gasteiger partial charge in [-0.1, -0.05) is 62.4 Å². The molecular formula is C20H24N2OS. The summed E-state index contributed by atoms with van der Waals surface area (Å²) in [6, 6.07) is 6.48. The molecule has 4 heteroatoms. The molecule has 0 bridgehead atoms. The Labute approximate surface area is 148 Å². The summed E-state index contributed by atoms with van der Waals surface area (Å²) in [6.07, 6.45) is 7.70. The lowest BCUT2D eigenvalue weighted by Gasteiger charge is -2.13. The number of nitrogens with zero attached hydrogens (tertiary/aromatic N) is 1. The van der Waals surface area contributed by atoms with Gasteiger partial charge in [0.05, 0.1) is 0 Å². The van der Waals surface area contributed by atoms with Gasteiger partial charge in [-0.25, -0.2) is 4.99 Å². The van der Waals surface area contributed by atoms with Crippen LogP contribution in [0.1, 0.15) is 62.6 Å². The number of aliphatic imine (C=N–C) groups is 1. The van der Waals surface area contributed by atoms with Crippen molar-refractivity contribution in [3.8, 4) is 0 Å². The number of allylic oxidation sites excluding steroid dienone is 1. The topological polar surface area (TPSA) is 41.5 Å². The second kappa shape index (κ2) is 7.39. The number of benzene rings is 1. The Balaban J connectivity index is 1.93. The summed E-state index contributed by atoms with van der Waals surface area (Å²) in [6.45, 7) is 6.56. The summed E-state index contributed by atoms with van der Waals surface area (Å²) in [7, 11) is 0. The van der Waals surface area contributed by atoms with E-state index in [1.807, 2.05) is 13.0 Å². The van der Waals surface area contributed by atoms with Crippen molar-refractivity contribution in [3.63, 3.8) is 0 Å². The van der Waals surface area contributed by atoms with E-state index in [0.717, 1.165) is 17.7 Å². The normalized spacial score (nSPS) is 21.9. The van der Waals surface area contributed by atoms with Gasteiger partial charge in [-0.2, -0.15) is 0 Å². The van der Waals surface area contributed by atoms with E-state index >= 15 is 0 Å². The van der Waals surface area contributed by atoms with Crippen molar-refractivity contribution in [3.05, 3.63) is 46.2 Å². The molecule has 0 saturated carbocycles. The Morgan fingerprint density at radius 1 is 1.38 bits per heavy atom. The zero-order valence-corrected chi connectivity index (χ0v) is 15.4. The second-order valence-electron chi connectivity index (χ2n) is 6.32. The number of hydrogen-bond acceptors (Lipinski definition) is 3. The van der Waals surface area contributed by atoms with Gasteiger partial charge in [0.1, 0.15) is 5.70 Å². The highest BCUT2D eigenvalue weighted by molar-refractivity contribution is 8.13. The van der Waals surface area contributed by atoms with Crippen LogP contribution in [0.4, 0.5) is 0 Å². The molecule has 1 heterocycles. The third kappa shape index (κ3) is 3.64. The Morgan fingerprint density at radius 2 is 2.21 bits per heavy atom. The Morgan fingerprint density at radius 3 is 2.96 bits per heavy atom. The van der Waals surface area contributed by atoms with Crippen molar-refractivity contribution >= 4 is 35.0 Å². The van der Waals surface area contributed by atoms with Crippen molar-refractivity contribution in [2.75, 3.05) is 5.75 Å². The van der Waals surface area contributed by atoms with Crippen molar-refractivity contribution < 1.29 is 4.79 Å². The maximum atomic E-state index is 12.0. The number of nitrogens with one attached hydrogen (secondary N) is 1. The van der Waals surface area contributed by atoms with Crippen molar-refractivity contribution in [2.24, 2.45) is 4.99 Å². The van der Waals surface area contributed by atoms with Crippen molar-refractivity contribution in [1.82, 2.24) is 5.32 Å². The maximum Gasteiger partial charge on any atom is 0.275 e. The fourth-order valence-electron chi connectivity index (χ4n) is 3.18. The lowest BCUT2D eigenvalue weighted by Crippen LogP contribution is -2.21. The number of carbonyl (C=O) groups excluding carboxylic acids is 1. The molecule has 0 radical (unpaired) electrons. The zero-order valence-electron chi connectivity index (χ0n) is 14.6. The van der Waals surface area contributed by atoms with Crippen LogP contribution in [0.5, 0.6) is 0 Å². The molecule has 126 valence electrons. The number of fused-ring (bicyclic) bond motifs is 1. The standard InChI is InChI=1S/C20H24N2OS/c1-4-14-7-6-13(3)17-11-15(8-9-16(17)10-14)12-18-19(23)22-20(21-18)24-5-2/h8-13H,4-7H2,1-3H3,(H,21,22,23)/b18-12-. The summed E-state index contributed by atoms with van der Waals surface area (Å²) in [4.78, 5) is 16.4. The molecule has 0 spiro atoms. The molecule has 3 nitrogen and oxygen atoms in total. The van der Waals surface area contributed by atoms with E-state index in [1.165, 1.54) is 29.5 Å². The fraction of sp³-hybridized carbons (Fsp3) is 0.400. The second-order valence-corrected chi connectivity index (χ2v) is 7.57. The molecule has 0 fully saturated rings. The van der Waals surface area contributed by atoms with Gasteiger partial charge >= 0.3 is 0 Å². The lowest BCUT2D eigenvalue weighted by atomic mass is 9.92. The first-order chi connectivity index (χ1) is 11.6. The van der Waals surface area contributed by atoms with Crippen LogP contribution in [0.15, 0.2) is 34.5 Å². The minimum Gasteiger partial charge on any atom is -0.300 e. The summed E-state index contributed by atoms with van der Waals surface area (Å²) in [5.41, 5.74) is 5.76. The third-order valence-corrected chi connectivity index (χ3v) is 5.37. The van der Waals surface area contributed by atoms with Crippen LogP contribution >= 0.6 is 11.8 Å². The van der Waals surface area contributed by atoms with Crippen LogP contribution < -0.4 is 5.32 Å². The van der Waals surface area contributed by atoms with E-state index in [4.69, 9.17) is 0 Å². The number of amides is 1. The predicted octanol–water partition coefficient (Wildman–Crippen LogP) is 4.96. The van der Waals surface area contributed by atoms with Crippen LogP contribution in [0.3, 0.4) is 0 Å². The molecule has 3 rings (SSSR count). The number of thioether (sulfide) groups is 1. The summed E-state index contributed by atoms with van der Waals surface area (Å²) in [5, 5.41) is 3.52. The van der Waals surface area contributed by atoms with Gasteiger partial charge in [0, 0.05) is 0 Å². The van der Waals surface area contributed by atoms with Gasteiger partial charge in [0.15, 0.2) is 5.17 Å². The van der Waals surface area contributed by atoms with Gasteiger partial charge in [-0.3, -0.25) is 10.1 Å². The molecule has 1 N–H and O–H groups in total. The predicted molar refractivity (Wildman–Crippen MR) is 104 cm³/mol. The molecule has 1 unspecified atom stereocenters. The first kappa shape index (κ1) is 17.0. The summed E-state index contributed by atoms with van der Waals surface area (Å²) >= 11 is 1.56. The fourth-order valence-corrected chi connectivity index (χ4v) is 3.78. The van der Waals surface area contributed by atoms with E-state index in [1.54, 1.807) is 11.8 Å². The van der Waals surface area contributed by atoms with E-state index in [-0.39, 0.29) is 5.91 Å². The van der Waals surface area contributed by atoms with Crippen LogP contribution in [0.25, 0.3) is 12.2 Å². The molecule has 2 aliphatic rings. The van der Waals surface area contributed by atoms with Crippen molar-refractivity contribution in [2.45, 2.75) is 46.0 Å². The number of carbonyl (C=O) groups is 1. The van der Waals surface area contributed by atoms with Crippen LogP contribution in [0.2, 0.25) is 0 Å². The lowest BCUT2D eigenvalue weighted by molar-refractivity contribution is -0.115. The van der Waals surface area contributed by atoms with Crippen LogP contribution in [0, 0.1) is 0 Å². The van der Waals surface area contributed by atoms with Gasteiger partial charge in [-0.05, 0) is 53.7 Å². The van der Waals surface area contributed by atoms with Gasteiger partial charge in [-0.15, -0.1) is 0 Å². The van der Waals surface area contributed by atoms with E-state index < -0.39 is 0 Å². The van der Waals surface area contributed by atoms with Crippen LogP contribution in [-0.2, 0) is 4.79 Å². The highest BCUT2D eigenvalue weighted by Crippen LogP contribution is 2.33. The first-order valence-electron chi connectivity index (χ1n) is 8.68. The molecule has 1 atom stereocenters. The average Bonchev–Trinajstić information content (AvgIpc) is 2.82. The molecular weight excluding hydrogens is 316 g/mol. The molecule has 1 aliphatic carbocycles. The highest BCUT2D eigenvalue weighted by Gasteiger charge is 2.20. The molecule has 1 aromatic carbocycles. The van der Waals surface area contributed by atoms with E-state index in [9.17, 15) is 4.79 Å². The van der Waals surface area contributed by atoms with Crippen LogP contribution in [-0.4, -0.2) is 16.8 Å². The maximum absolute atomic E-state index is 12.0. The molecule has 0 aromatic heterocycles. The third-order valence-electron chi connectivity index (χ3n) is 4.61. The number of amidine groups is 1. The van der Waals surface area contributed by atoms with E-state index in [2.05, 4.69) is 48.4 Å². The molecule has 1 amide bonds. The minimum atomic E-state index is -0.109. The Bertz CT molecular complexity index is 746. The molecule has 1 aliphatic heterocycles. The largest absolute Gasteiger partial charge is 0.300 e. The zero-order chi connectivity index (χ0) is 17.1. The highest BCUT2D eigenvalue weighted by atomic mass is 32.2. The van der Waals surface area contributed by atoms with Gasteiger partial charge < -0.3 is 0 Å². The SMILES string of the molecule is CCSC1=N/C(=C\c2ccc3c(c2)C(C)CCC(CC)=C3)C(=O)N1. The monoisotopic (exact) mass is 340 g/mol. The van der Waals surface area contributed by atoms with Gasteiger partial charge in [0.2, 0.25) is 0 Å². The number of hydrogen-bond donors (Lipinski definition) is 1. The summed E-state index contributed by atoms with van der Waals surface area (Å²) in [5.74, 6) is 1.32. The quantitative estimate of drug-likeness (QED) is 0.790. The molecule has 0 saturated heterocycles. The summed E-state index contributed by atoms with van der Waals surface area (Å²) < 4.78 is 0. The minimum absolute atomic E-state index is 0.109. The van der Waals surface area contributed by atoms with Gasteiger partial charge in [0.25, 0.3) is 5.91 Å². The van der Waals surface area contributed by atoms with Crippen molar-refractivity contribution in [1.29, 1.82) is 0 Å². The molecule has 1 aromatic rings. The van der Waals surface area contributed by atoms with E-state index in [0.29, 0.717) is 16.8 Å². The average molecular weight is 340 g/mol. The molecule has 24 heavy (non-hydrogen) atoms. The smallest absolute Gasteiger partial charge is 0.275 e. The first-order valence-corrected chi connectivity index (χ1v) is 9.67. The Kier molecular flexibility index (Phi) is 5.24. The number of rotatable bonds is 3.